The molecule has 1 saturated carbocycles. The summed E-state index contributed by atoms with van der Waals surface area (Å²) in [4.78, 5) is 4.60. The molecule has 1 aromatic heterocycles. The number of alkyl halides is 3. The van der Waals surface area contributed by atoms with Crippen LogP contribution in [0.25, 0.3) is 11.3 Å². The fourth-order valence-corrected chi connectivity index (χ4v) is 5.44. The Morgan fingerprint density at radius 2 is 1.65 bits per heavy atom. The average molecular weight is 378 g/mol. The second-order valence-electron chi connectivity index (χ2n) is 8.41. The summed E-state index contributed by atoms with van der Waals surface area (Å²) in [5, 5.41) is 1.38. The maximum Gasteiger partial charge on any atom is 0.416 e. The molecule has 1 aromatic carbocycles. The van der Waals surface area contributed by atoms with E-state index >= 15 is 0 Å². The average Bonchev–Trinajstić information content (AvgIpc) is 3.06. The second-order valence-corrected chi connectivity index (χ2v) is 13.4. The van der Waals surface area contributed by atoms with Crippen LogP contribution in [0.5, 0.6) is 0 Å². The summed E-state index contributed by atoms with van der Waals surface area (Å²) in [7, 11) is -1.52. The number of aromatic nitrogens is 1. The van der Waals surface area contributed by atoms with Crippen molar-refractivity contribution in [2.24, 2.45) is 5.92 Å². The first kappa shape index (κ1) is 19.1. The minimum Gasteiger partial charge on any atom is -0.256 e. The summed E-state index contributed by atoms with van der Waals surface area (Å²) in [5.41, 5.74) is 2.24. The number of pyridine rings is 1. The standard InChI is InChI=1S/C21H26F3NSi/c1-26(2,3)20-14-25-19(13-17(20)12-15-6-4-5-7-15)16-8-10-18(11-9-16)21(22,23)24/h8-11,13-15H,4-7,12H2,1-3H3. The lowest BCUT2D eigenvalue weighted by atomic mass is 9.97. The van der Waals surface area contributed by atoms with Crippen molar-refractivity contribution in [2.45, 2.75) is 57.9 Å². The van der Waals surface area contributed by atoms with Crippen LogP contribution in [0.1, 0.15) is 36.8 Å². The number of halogens is 3. The molecule has 5 heteroatoms. The maximum absolute atomic E-state index is 12.8. The fourth-order valence-electron chi connectivity index (χ4n) is 3.85. The van der Waals surface area contributed by atoms with Crippen LogP contribution in [0.4, 0.5) is 13.2 Å². The molecule has 1 fully saturated rings. The summed E-state index contributed by atoms with van der Waals surface area (Å²) >= 11 is 0. The van der Waals surface area contributed by atoms with Gasteiger partial charge in [0, 0.05) is 11.8 Å². The molecule has 0 N–H and O–H groups in total. The van der Waals surface area contributed by atoms with E-state index in [2.05, 4.69) is 30.7 Å². The molecular formula is C21H26F3NSi. The summed E-state index contributed by atoms with van der Waals surface area (Å²) in [5.74, 6) is 0.730. The van der Waals surface area contributed by atoms with E-state index in [4.69, 9.17) is 0 Å². The van der Waals surface area contributed by atoms with Gasteiger partial charge in [0.05, 0.1) is 19.3 Å². The van der Waals surface area contributed by atoms with Crippen LogP contribution in [0.2, 0.25) is 19.6 Å². The molecule has 1 nitrogen and oxygen atoms in total. The van der Waals surface area contributed by atoms with Crippen molar-refractivity contribution in [2.75, 3.05) is 0 Å². The van der Waals surface area contributed by atoms with E-state index in [9.17, 15) is 13.2 Å². The van der Waals surface area contributed by atoms with Gasteiger partial charge in [-0.2, -0.15) is 13.2 Å². The van der Waals surface area contributed by atoms with Gasteiger partial charge in [-0.05, 0) is 41.3 Å². The van der Waals surface area contributed by atoms with Crippen molar-refractivity contribution in [3.05, 3.63) is 47.7 Å². The number of benzene rings is 1. The summed E-state index contributed by atoms with van der Waals surface area (Å²) in [6, 6.07) is 7.45. The van der Waals surface area contributed by atoms with E-state index in [1.807, 2.05) is 6.20 Å². The largest absolute Gasteiger partial charge is 0.416 e. The molecule has 26 heavy (non-hydrogen) atoms. The Bertz CT molecular complexity index is 754. The maximum atomic E-state index is 12.8. The van der Waals surface area contributed by atoms with Gasteiger partial charge in [0.15, 0.2) is 0 Å². The monoisotopic (exact) mass is 377 g/mol. The topological polar surface area (TPSA) is 12.9 Å². The predicted octanol–water partition coefficient (Wildman–Crippen LogP) is 6.05. The predicted molar refractivity (Wildman–Crippen MR) is 103 cm³/mol. The van der Waals surface area contributed by atoms with Gasteiger partial charge < -0.3 is 0 Å². The molecular weight excluding hydrogens is 351 g/mol. The van der Waals surface area contributed by atoms with Gasteiger partial charge in [-0.15, -0.1) is 0 Å². The third-order valence-corrected chi connectivity index (χ3v) is 7.36. The Hall–Kier alpha value is -1.62. The molecule has 0 radical (unpaired) electrons. The molecule has 0 spiro atoms. The highest BCUT2D eigenvalue weighted by Crippen LogP contribution is 2.32. The van der Waals surface area contributed by atoms with Crippen molar-refractivity contribution in [3.8, 4) is 11.3 Å². The van der Waals surface area contributed by atoms with E-state index < -0.39 is 19.8 Å². The number of hydrogen-bond acceptors (Lipinski definition) is 1. The highest BCUT2D eigenvalue weighted by Gasteiger charge is 2.30. The Kier molecular flexibility index (Phi) is 5.29. The molecule has 0 bridgehead atoms. The number of rotatable bonds is 4. The smallest absolute Gasteiger partial charge is 0.256 e. The van der Waals surface area contributed by atoms with Gasteiger partial charge in [-0.25, -0.2) is 0 Å². The molecule has 1 heterocycles. The van der Waals surface area contributed by atoms with Gasteiger partial charge in [-0.1, -0.05) is 57.5 Å². The molecule has 1 aliphatic rings. The van der Waals surface area contributed by atoms with Crippen molar-refractivity contribution < 1.29 is 13.2 Å². The van der Waals surface area contributed by atoms with Crippen LogP contribution in [-0.2, 0) is 12.6 Å². The molecule has 0 unspecified atom stereocenters. The summed E-state index contributed by atoms with van der Waals surface area (Å²) in [6.07, 6.45) is 3.92. The first-order valence-electron chi connectivity index (χ1n) is 9.31. The minimum atomic E-state index is -4.30. The third kappa shape index (κ3) is 4.37. The lowest BCUT2D eigenvalue weighted by Crippen LogP contribution is -2.41. The lowest BCUT2D eigenvalue weighted by molar-refractivity contribution is -0.137. The third-order valence-electron chi connectivity index (χ3n) is 5.29. The van der Waals surface area contributed by atoms with Crippen LogP contribution in [0.15, 0.2) is 36.5 Å². The second kappa shape index (κ2) is 7.18. The first-order chi connectivity index (χ1) is 12.1. The Morgan fingerprint density at radius 3 is 2.19 bits per heavy atom. The number of hydrogen-bond donors (Lipinski definition) is 0. The number of nitrogens with zero attached hydrogens (tertiary/aromatic N) is 1. The zero-order valence-electron chi connectivity index (χ0n) is 15.7. The van der Waals surface area contributed by atoms with Crippen molar-refractivity contribution >= 4 is 13.3 Å². The highest BCUT2D eigenvalue weighted by molar-refractivity contribution is 6.89. The van der Waals surface area contributed by atoms with Crippen molar-refractivity contribution in [3.63, 3.8) is 0 Å². The van der Waals surface area contributed by atoms with Gasteiger partial charge in [0.2, 0.25) is 0 Å². The molecule has 0 amide bonds. The van der Waals surface area contributed by atoms with Gasteiger partial charge >= 0.3 is 6.18 Å². The van der Waals surface area contributed by atoms with Crippen LogP contribution in [0.3, 0.4) is 0 Å². The van der Waals surface area contributed by atoms with Crippen LogP contribution in [-0.4, -0.2) is 13.1 Å². The van der Waals surface area contributed by atoms with E-state index in [1.165, 1.54) is 48.6 Å². The minimum absolute atomic E-state index is 0.619. The quantitative estimate of drug-likeness (QED) is 0.592. The van der Waals surface area contributed by atoms with Gasteiger partial charge in [-0.3, -0.25) is 4.98 Å². The lowest BCUT2D eigenvalue weighted by Gasteiger charge is -2.23. The summed E-state index contributed by atoms with van der Waals surface area (Å²) in [6.45, 7) is 6.96. The van der Waals surface area contributed by atoms with E-state index in [-0.39, 0.29) is 0 Å². The van der Waals surface area contributed by atoms with Crippen LogP contribution in [0, 0.1) is 5.92 Å². The molecule has 3 rings (SSSR count). The SMILES string of the molecule is C[Si](C)(C)c1cnc(-c2ccc(C(F)(F)F)cc2)cc1CC1CCCC1. The highest BCUT2D eigenvalue weighted by atomic mass is 28.3. The zero-order valence-corrected chi connectivity index (χ0v) is 16.7. The van der Waals surface area contributed by atoms with Crippen molar-refractivity contribution in [1.82, 2.24) is 4.98 Å². The zero-order chi connectivity index (χ0) is 18.9. The molecule has 0 aliphatic heterocycles. The normalized spacial score (nSPS) is 16.2. The van der Waals surface area contributed by atoms with E-state index in [0.717, 1.165) is 35.7 Å². The molecule has 2 aromatic rings. The summed E-state index contributed by atoms with van der Waals surface area (Å²) < 4.78 is 38.4. The Morgan fingerprint density at radius 1 is 1.04 bits per heavy atom. The molecule has 1 aliphatic carbocycles. The van der Waals surface area contributed by atoms with Crippen LogP contribution < -0.4 is 5.19 Å². The molecule has 0 saturated heterocycles. The van der Waals surface area contributed by atoms with E-state index in [0.29, 0.717) is 0 Å². The van der Waals surface area contributed by atoms with Gasteiger partial charge in [0.1, 0.15) is 0 Å². The van der Waals surface area contributed by atoms with Crippen LogP contribution >= 0.6 is 0 Å². The Labute approximate surface area is 154 Å². The van der Waals surface area contributed by atoms with E-state index in [1.54, 1.807) is 0 Å². The Balaban J connectivity index is 1.95. The first-order valence-corrected chi connectivity index (χ1v) is 12.8. The van der Waals surface area contributed by atoms with Gasteiger partial charge in [0.25, 0.3) is 0 Å². The molecule has 140 valence electrons. The molecule has 0 atom stereocenters. The van der Waals surface area contributed by atoms with Crippen molar-refractivity contribution in [1.29, 1.82) is 0 Å². The fraction of sp³-hybridized carbons (Fsp3) is 0.476.